The first-order chi connectivity index (χ1) is 7.70. The number of carbonyl (C=O) groups excluding carboxylic acids is 1. The van der Waals surface area contributed by atoms with Gasteiger partial charge in [0.2, 0.25) is 0 Å². The number of hydrogen-bond acceptors (Lipinski definition) is 2. The van der Waals surface area contributed by atoms with Gasteiger partial charge in [0, 0.05) is 0 Å². The Morgan fingerprint density at radius 2 is 1.88 bits per heavy atom. The zero-order chi connectivity index (χ0) is 12.6. The molecule has 1 rings (SSSR count). The molecule has 0 atom stereocenters. The van der Waals surface area contributed by atoms with Gasteiger partial charge in [0.1, 0.15) is 0 Å². The zero-order valence-electron chi connectivity index (χ0n) is 10.1. The Labute approximate surface area is 97.3 Å². The van der Waals surface area contributed by atoms with Crippen LogP contribution in [0.2, 0.25) is 0 Å². The molecule has 16 heavy (non-hydrogen) atoms. The Bertz CT molecular complexity index is 378. The number of benzene rings is 1. The topological polar surface area (TPSA) is 26.3 Å². The van der Waals surface area contributed by atoms with Crippen molar-refractivity contribution in [3.63, 3.8) is 0 Å². The summed E-state index contributed by atoms with van der Waals surface area (Å²) in [6, 6.07) is 7.41. The van der Waals surface area contributed by atoms with Crippen LogP contribution < -0.4 is 0 Å². The second-order valence-electron chi connectivity index (χ2n) is 2.76. The summed E-state index contributed by atoms with van der Waals surface area (Å²) in [6.07, 6.45) is 1.68. The maximum Gasteiger partial charge on any atom is 0.337 e. The molecule has 0 fully saturated rings. The molecule has 0 aliphatic heterocycles. The van der Waals surface area contributed by atoms with Gasteiger partial charge in [0.05, 0.1) is 12.7 Å². The van der Waals surface area contributed by atoms with Crippen molar-refractivity contribution in [2.24, 2.45) is 0 Å². The van der Waals surface area contributed by atoms with E-state index in [9.17, 15) is 4.79 Å². The molecule has 0 saturated heterocycles. The van der Waals surface area contributed by atoms with Crippen molar-refractivity contribution >= 4 is 17.6 Å². The maximum atomic E-state index is 11.2. The van der Waals surface area contributed by atoms with Crippen LogP contribution in [-0.2, 0) is 9.53 Å². The monoisotopic (exact) mass is 218 g/mol. The molecule has 0 aliphatic carbocycles. The molecular formula is C14H18O2. The molecule has 86 valence electrons. The second-order valence-corrected chi connectivity index (χ2v) is 2.76. The summed E-state index contributed by atoms with van der Waals surface area (Å²) >= 11 is 0. The third-order valence-electron chi connectivity index (χ3n) is 1.94. The van der Waals surface area contributed by atoms with Crippen molar-refractivity contribution in [2.75, 3.05) is 7.11 Å². The molecule has 0 radical (unpaired) electrons. The van der Waals surface area contributed by atoms with Crippen LogP contribution in [0.4, 0.5) is 0 Å². The fraction of sp³-hybridized carbons (Fsp3) is 0.214. The van der Waals surface area contributed by atoms with E-state index in [0.717, 1.165) is 11.1 Å². The van der Waals surface area contributed by atoms with Crippen molar-refractivity contribution in [3.05, 3.63) is 48.6 Å². The van der Waals surface area contributed by atoms with Gasteiger partial charge in [-0.2, -0.15) is 0 Å². The van der Waals surface area contributed by atoms with Crippen molar-refractivity contribution in [3.8, 4) is 0 Å². The summed E-state index contributed by atoms with van der Waals surface area (Å²) < 4.78 is 4.59. The van der Waals surface area contributed by atoms with Crippen molar-refractivity contribution in [1.82, 2.24) is 0 Å². The Kier molecular flexibility index (Phi) is 6.61. The molecule has 1 aromatic carbocycles. The van der Waals surface area contributed by atoms with E-state index in [1.54, 1.807) is 6.08 Å². The molecule has 0 amide bonds. The summed E-state index contributed by atoms with van der Waals surface area (Å²) in [5, 5.41) is 0. The van der Waals surface area contributed by atoms with Crippen molar-refractivity contribution < 1.29 is 9.53 Å². The van der Waals surface area contributed by atoms with Gasteiger partial charge < -0.3 is 4.74 Å². The predicted molar refractivity (Wildman–Crippen MR) is 68.9 cm³/mol. The number of rotatable bonds is 3. The third kappa shape index (κ3) is 3.39. The molecule has 2 heteroatoms. The molecule has 0 unspecified atom stereocenters. The van der Waals surface area contributed by atoms with Gasteiger partial charge in [0.15, 0.2) is 0 Å². The molecule has 2 nitrogen and oxygen atoms in total. The lowest BCUT2D eigenvalue weighted by atomic mass is 10.0. The van der Waals surface area contributed by atoms with E-state index in [1.807, 2.05) is 38.1 Å². The molecule has 0 heterocycles. The fourth-order valence-electron chi connectivity index (χ4n) is 1.18. The van der Waals surface area contributed by atoms with Crippen LogP contribution in [0.1, 0.15) is 25.0 Å². The Morgan fingerprint density at radius 1 is 1.31 bits per heavy atom. The van der Waals surface area contributed by atoms with Crippen LogP contribution in [0.5, 0.6) is 0 Å². The first kappa shape index (κ1) is 14.2. The first-order valence-corrected chi connectivity index (χ1v) is 5.19. The largest absolute Gasteiger partial charge is 0.465 e. The minimum Gasteiger partial charge on any atom is -0.465 e. The van der Waals surface area contributed by atoms with Crippen LogP contribution in [-0.4, -0.2) is 13.1 Å². The van der Waals surface area contributed by atoms with E-state index in [4.69, 9.17) is 0 Å². The molecule has 1 aromatic rings. The zero-order valence-corrected chi connectivity index (χ0v) is 10.1. The lowest BCUT2D eigenvalue weighted by Crippen LogP contribution is -2.03. The van der Waals surface area contributed by atoms with Crippen molar-refractivity contribution in [1.29, 1.82) is 0 Å². The lowest BCUT2D eigenvalue weighted by Gasteiger charge is -2.06. The molecular weight excluding hydrogens is 200 g/mol. The summed E-state index contributed by atoms with van der Waals surface area (Å²) in [6.45, 7) is 11.3. The predicted octanol–water partition coefficient (Wildman–Crippen LogP) is 3.54. The number of hydrogen-bond donors (Lipinski definition) is 0. The highest BCUT2D eigenvalue weighted by molar-refractivity contribution is 6.16. The normalized spacial score (nSPS) is 8.44. The van der Waals surface area contributed by atoms with Crippen LogP contribution in [0.15, 0.2) is 37.4 Å². The van der Waals surface area contributed by atoms with Gasteiger partial charge in [-0.25, -0.2) is 4.79 Å². The van der Waals surface area contributed by atoms with E-state index >= 15 is 0 Å². The lowest BCUT2D eigenvalue weighted by molar-refractivity contribution is -0.133. The Balaban J connectivity index is 0.00000106. The Hall–Kier alpha value is -1.83. The third-order valence-corrected chi connectivity index (χ3v) is 1.94. The minimum atomic E-state index is -0.417. The molecule has 0 spiro atoms. The van der Waals surface area contributed by atoms with E-state index in [0.29, 0.717) is 5.57 Å². The highest BCUT2D eigenvalue weighted by Crippen LogP contribution is 2.19. The van der Waals surface area contributed by atoms with Gasteiger partial charge in [-0.3, -0.25) is 0 Å². The summed E-state index contributed by atoms with van der Waals surface area (Å²) in [7, 11) is 1.34. The molecule has 0 aliphatic rings. The van der Waals surface area contributed by atoms with E-state index in [-0.39, 0.29) is 0 Å². The van der Waals surface area contributed by atoms with Crippen LogP contribution in [0.3, 0.4) is 0 Å². The molecule has 0 saturated carbocycles. The van der Waals surface area contributed by atoms with Gasteiger partial charge in [-0.05, 0) is 11.1 Å². The molecule has 0 bridgehead atoms. The number of ether oxygens (including phenoxy) is 1. The highest BCUT2D eigenvalue weighted by Gasteiger charge is 2.11. The van der Waals surface area contributed by atoms with Crippen LogP contribution in [0, 0.1) is 0 Å². The second kappa shape index (κ2) is 7.46. The quantitative estimate of drug-likeness (QED) is 0.573. The van der Waals surface area contributed by atoms with Crippen LogP contribution >= 0.6 is 0 Å². The average Bonchev–Trinajstić information content (AvgIpc) is 2.39. The van der Waals surface area contributed by atoms with Gasteiger partial charge in [0.25, 0.3) is 0 Å². The Morgan fingerprint density at radius 3 is 2.38 bits per heavy atom. The van der Waals surface area contributed by atoms with Gasteiger partial charge in [-0.15, -0.1) is 0 Å². The number of methoxy groups -OCH3 is 1. The summed E-state index contributed by atoms with van der Waals surface area (Å²) in [5.41, 5.74) is 1.99. The fourth-order valence-corrected chi connectivity index (χ4v) is 1.18. The first-order valence-electron chi connectivity index (χ1n) is 5.19. The number of carbonyl (C=O) groups is 1. The molecule has 0 N–H and O–H groups in total. The van der Waals surface area contributed by atoms with E-state index < -0.39 is 5.97 Å². The van der Waals surface area contributed by atoms with Gasteiger partial charge >= 0.3 is 5.97 Å². The average molecular weight is 218 g/mol. The molecule has 0 aromatic heterocycles. The standard InChI is InChI=1S/C12H12O2.C2H6/c1-4-10-7-5-6-8-11(10)9(2)12(13)14-3;1-2/h4-8H,1-2H2,3H3;1-2H3. The SMILES string of the molecule is C=Cc1ccccc1C(=C)C(=O)OC.CC. The van der Waals surface area contributed by atoms with E-state index in [1.165, 1.54) is 7.11 Å². The highest BCUT2D eigenvalue weighted by atomic mass is 16.5. The smallest absolute Gasteiger partial charge is 0.337 e. The summed E-state index contributed by atoms with van der Waals surface area (Å²) in [5.74, 6) is -0.417. The van der Waals surface area contributed by atoms with Crippen molar-refractivity contribution in [2.45, 2.75) is 13.8 Å². The summed E-state index contributed by atoms with van der Waals surface area (Å²) in [4.78, 5) is 11.2. The van der Waals surface area contributed by atoms with Gasteiger partial charge in [-0.1, -0.05) is 57.3 Å². The number of esters is 1. The van der Waals surface area contributed by atoms with E-state index in [2.05, 4.69) is 17.9 Å². The van der Waals surface area contributed by atoms with Crippen LogP contribution in [0.25, 0.3) is 11.6 Å². The minimum absolute atomic E-state index is 0.350. The maximum absolute atomic E-state index is 11.2.